The highest BCUT2D eigenvalue weighted by Gasteiger charge is 2.20. The topological polar surface area (TPSA) is 166 Å². The van der Waals surface area contributed by atoms with Crippen LogP contribution in [0.5, 0.6) is 0 Å². The Morgan fingerprint density at radius 2 is 1.88 bits per heavy atom. The summed E-state index contributed by atoms with van der Waals surface area (Å²) in [5.74, 6) is 0.0156. The van der Waals surface area contributed by atoms with Gasteiger partial charge in [0.05, 0.1) is 13.1 Å². The third kappa shape index (κ3) is 9.80. The molecular formula is C21H28N6O5. The fourth-order valence-corrected chi connectivity index (χ4v) is 2.68. The number of furan rings is 1. The van der Waals surface area contributed by atoms with E-state index in [0.717, 1.165) is 50.8 Å². The van der Waals surface area contributed by atoms with E-state index in [9.17, 15) is 9.59 Å². The molecule has 0 amide bonds. The summed E-state index contributed by atoms with van der Waals surface area (Å²) in [5, 5.41) is 40.0. The lowest BCUT2D eigenvalue weighted by Crippen LogP contribution is -2.30. The fourth-order valence-electron chi connectivity index (χ4n) is 2.68. The molecule has 4 N–H and O–H groups in total. The molecule has 32 heavy (non-hydrogen) atoms. The monoisotopic (exact) mass is 444 g/mol. The Hall–Kier alpha value is -3.80. The summed E-state index contributed by atoms with van der Waals surface area (Å²) in [4.78, 5) is 23.3. The molecule has 1 saturated heterocycles. The van der Waals surface area contributed by atoms with E-state index in [4.69, 9.17) is 25.2 Å². The van der Waals surface area contributed by atoms with Gasteiger partial charge in [0.15, 0.2) is 5.57 Å². The van der Waals surface area contributed by atoms with Crippen LogP contribution in [-0.2, 0) is 22.7 Å². The van der Waals surface area contributed by atoms with Crippen LogP contribution < -0.4 is 10.6 Å². The third-order valence-electron chi connectivity index (χ3n) is 4.36. The van der Waals surface area contributed by atoms with Crippen molar-refractivity contribution in [2.24, 2.45) is 0 Å². The Bertz CT molecular complexity index is 877. The maximum Gasteiger partial charge on any atom is 0.328 e. The van der Waals surface area contributed by atoms with Crippen LogP contribution in [0.2, 0.25) is 0 Å². The molecule has 1 aromatic heterocycles. The molecule has 1 aromatic rings. The standard InChI is InChI=1S/C17H24N6O.C4H4O4/c1-3-22(2)13-16-5-4-15(24-16)12-20-6-8-23-9-7-21-17(23)14(10-18)11-19;5-3(6)1-2-4(7)8/h4-5,20-21H,3,6-9,12-13H2,1-2H3;1-2H,(H,5,6)(H,7,8)/b;2-1+. The zero-order chi connectivity index (χ0) is 23.9. The van der Waals surface area contributed by atoms with Crippen molar-refractivity contribution < 1.29 is 24.2 Å². The van der Waals surface area contributed by atoms with Gasteiger partial charge in [-0.1, -0.05) is 6.92 Å². The minimum absolute atomic E-state index is 0.142. The first kappa shape index (κ1) is 26.2. The Labute approximate surface area is 186 Å². The van der Waals surface area contributed by atoms with E-state index in [1.807, 2.05) is 29.2 Å². The van der Waals surface area contributed by atoms with Crippen LogP contribution in [0, 0.1) is 22.7 Å². The van der Waals surface area contributed by atoms with Crippen LogP contribution in [0.4, 0.5) is 0 Å². The molecule has 0 unspecified atom stereocenters. The average molecular weight is 444 g/mol. The molecule has 0 atom stereocenters. The number of nitrogens with zero attached hydrogens (tertiary/aromatic N) is 4. The Morgan fingerprint density at radius 1 is 1.25 bits per heavy atom. The maximum atomic E-state index is 9.55. The molecule has 1 fully saturated rings. The van der Waals surface area contributed by atoms with E-state index >= 15 is 0 Å². The van der Waals surface area contributed by atoms with Gasteiger partial charge in [0.2, 0.25) is 0 Å². The Balaban J connectivity index is 0.000000547. The number of nitriles is 2. The molecule has 2 rings (SSSR count). The molecule has 0 aromatic carbocycles. The lowest BCUT2D eigenvalue weighted by atomic mass is 10.3. The second kappa shape index (κ2) is 14.2. The predicted molar refractivity (Wildman–Crippen MR) is 115 cm³/mol. The number of carboxylic acid groups (broad SMARTS) is 2. The van der Waals surface area contributed by atoms with E-state index in [1.54, 1.807) is 0 Å². The highest BCUT2D eigenvalue weighted by atomic mass is 16.4. The second-order valence-electron chi connectivity index (χ2n) is 6.75. The normalized spacial score (nSPS) is 12.7. The number of rotatable bonds is 10. The van der Waals surface area contributed by atoms with Gasteiger partial charge in [-0.15, -0.1) is 0 Å². The highest BCUT2D eigenvalue weighted by molar-refractivity contribution is 5.89. The second-order valence-corrected chi connectivity index (χ2v) is 6.75. The third-order valence-corrected chi connectivity index (χ3v) is 4.36. The molecule has 11 heteroatoms. The smallest absolute Gasteiger partial charge is 0.328 e. The van der Waals surface area contributed by atoms with Gasteiger partial charge in [0, 0.05) is 38.3 Å². The van der Waals surface area contributed by atoms with Crippen molar-refractivity contribution >= 4 is 11.9 Å². The van der Waals surface area contributed by atoms with Crippen LogP contribution >= 0.6 is 0 Å². The van der Waals surface area contributed by atoms with Gasteiger partial charge in [0.25, 0.3) is 0 Å². The fraction of sp³-hybridized carbons (Fsp3) is 0.429. The van der Waals surface area contributed by atoms with Crippen LogP contribution in [0.1, 0.15) is 18.4 Å². The van der Waals surface area contributed by atoms with Crippen molar-refractivity contribution in [1.82, 2.24) is 20.4 Å². The number of nitrogens with one attached hydrogen (secondary N) is 2. The van der Waals surface area contributed by atoms with Crippen molar-refractivity contribution in [3.63, 3.8) is 0 Å². The van der Waals surface area contributed by atoms with Gasteiger partial charge >= 0.3 is 11.9 Å². The van der Waals surface area contributed by atoms with Gasteiger partial charge in [-0.05, 0) is 25.7 Å². The summed E-state index contributed by atoms with van der Waals surface area (Å²) in [6.07, 6.45) is 1.12. The van der Waals surface area contributed by atoms with Crippen LogP contribution in [-0.4, -0.2) is 71.7 Å². The largest absolute Gasteiger partial charge is 0.478 e. The van der Waals surface area contributed by atoms with E-state index in [-0.39, 0.29) is 5.57 Å². The molecule has 1 aliphatic rings. The minimum Gasteiger partial charge on any atom is -0.478 e. The van der Waals surface area contributed by atoms with Gasteiger partial charge in [0.1, 0.15) is 29.5 Å². The quantitative estimate of drug-likeness (QED) is 0.228. The molecule has 2 heterocycles. The molecule has 11 nitrogen and oxygen atoms in total. The molecule has 0 aliphatic carbocycles. The zero-order valence-corrected chi connectivity index (χ0v) is 18.2. The van der Waals surface area contributed by atoms with Crippen molar-refractivity contribution in [2.45, 2.75) is 20.0 Å². The molecule has 0 saturated carbocycles. The summed E-state index contributed by atoms with van der Waals surface area (Å²) in [6.45, 7) is 7.63. The summed E-state index contributed by atoms with van der Waals surface area (Å²) < 4.78 is 5.80. The summed E-state index contributed by atoms with van der Waals surface area (Å²) >= 11 is 0. The molecule has 1 aliphatic heterocycles. The number of carbonyl (C=O) groups is 2. The van der Waals surface area contributed by atoms with Crippen LogP contribution in [0.25, 0.3) is 0 Å². The van der Waals surface area contributed by atoms with Gasteiger partial charge in [-0.2, -0.15) is 10.5 Å². The summed E-state index contributed by atoms with van der Waals surface area (Å²) in [6, 6.07) is 7.89. The minimum atomic E-state index is -1.26. The first-order chi connectivity index (χ1) is 15.3. The van der Waals surface area contributed by atoms with Gasteiger partial charge in [-0.3, -0.25) is 4.90 Å². The van der Waals surface area contributed by atoms with Crippen LogP contribution in [0.15, 0.2) is 40.1 Å². The molecule has 0 bridgehead atoms. The number of carboxylic acids is 2. The lowest BCUT2D eigenvalue weighted by molar-refractivity contribution is -0.134. The Kier molecular flexibility index (Phi) is 11.7. The van der Waals surface area contributed by atoms with E-state index < -0.39 is 11.9 Å². The summed E-state index contributed by atoms with van der Waals surface area (Å²) in [7, 11) is 2.06. The number of allylic oxidation sites excluding steroid dienone is 1. The number of aliphatic carboxylic acids is 2. The maximum absolute atomic E-state index is 9.55. The van der Waals surface area contributed by atoms with E-state index in [1.165, 1.54) is 0 Å². The first-order valence-electron chi connectivity index (χ1n) is 9.94. The zero-order valence-electron chi connectivity index (χ0n) is 18.2. The van der Waals surface area contributed by atoms with E-state index in [2.05, 4.69) is 29.5 Å². The lowest BCUT2D eigenvalue weighted by Gasteiger charge is -2.18. The van der Waals surface area contributed by atoms with Gasteiger partial charge < -0.3 is 30.2 Å². The number of hydrogen-bond acceptors (Lipinski definition) is 9. The van der Waals surface area contributed by atoms with Crippen molar-refractivity contribution in [1.29, 1.82) is 10.5 Å². The summed E-state index contributed by atoms with van der Waals surface area (Å²) in [5.41, 5.74) is 0.142. The first-order valence-corrected chi connectivity index (χ1v) is 9.94. The Morgan fingerprint density at radius 3 is 2.44 bits per heavy atom. The predicted octanol–water partition coefficient (Wildman–Crippen LogP) is 0.697. The molecular weight excluding hydrogens is 416 g/mol. The highest BCUT2D eigenvalue weighted by Crippen LogP contribution is 2.12. The number of hydrogen-bond donors (Lipinski definition) is 4. The SMILES string of the molecule is CCN(C)Cc1ccc(CNCCN2CCNC2=C(C#N)C#N)o1.O=C(O)/C=C/C(=O)O. The van der Waals surface area contributed by atoms with Gasteiger partial charge in [-0.25, -0.2) is 9.59 Å². The molecule has 172 valence electrons. The van der Waals surface area contributed by atoms with Crippen molar-refractivity contribution in [2.75, 3.05) is 39.8 Å². The van der Waals surface area contributed by atoms with Crippen LogP contribution in [0.3, 0.4) is 0 Å². The van der Waals surface area contributed by atoms with E-state index in [0.29, 0.717) is 24.5 Å². The van der Waals surface area contributed by atoms with Crippen molar-refractivity contribution in [3.8, 4) is 12.1 Å². The van der Waals surface area contributed by atoms with Crippen molar-refractivity contribution in [3.05, 3.63) is 47.2 Å². The average Bonchev–Trinajstić information content (AvgIpc) is 3.41. The molecule has 0 radical (unpaired) electrons. The molecule has 0 spiro atoms.